The summed E-state index contributed by atoms with van der Waals surface area (Å²) in [5.41, 5.74) is 0.259. The van der Waals surface area contributed by atoms with Gasteiger partial charge in [-0.25, -0.2) is 17.9 Å². The largest absolute Gasteiger partial charge is 0.478 e. The number of carboxylic acids is 1. The van der Waals surface area contributed by atoms with Crippen molar-refractivity contribution in [2.24, 2.45) is 0 Å². The lowest BCUT2D eigenvalue weighted by molar-refractivity contribution is 0.0696. The van der Waals surface area contributed by atoms with E-state index in [4.69, 9.17) is 9.84 Å². The van der Waals surface area contributed by atoms with Gasteiger partial charge in [-0.05, 0) is 38.5 Å². The number of nitrogens with one attached hydrogen (secondary N) is 2. The van der Waals surface area contributed by atoms with Crippen LogP contribution in [-0.4, -0.2) is 45.3 Å². The number of rotatable bonds is 9. The van der Waals surface area contributed by atoms with Crippen LogP contribution in [0.5, 0.6) is 0 Å². The monoisotopic (exact) mass is 344 g/mol. The summed E-state index contributed by atoms with van der Waals surface area (Å²) in [7, 11) is -2.29. The minimum Gasteiger partial charge on any atom is -0.478 e. The van der Waals surface area contributed by atoms with Gasteiger partial charge in [0, 0.05) is 19.2 Å². The lowest BCUT2D eigenvalue weighted by Gasteiger charge is -2.19. The van der Waals surface area contributed by atoms with Crippen LogP contribution in [0, 0.1) is 0 Å². The van der Waals surface area contributed by atoms with E-state index in [-0.39, 0.29) is 22.5 Å². The van der Waals surface area contributed by atoms with Crippen LogP contribution in [0.15, 0.2) is 23.1 Å². The third kappa shape index (κ3) is 5.49. The molecule has 0 aliphatic carbocycles. The Morgan fingerprint density at radius 3 is 2.48 bits per heavy atom. The standard InChI is InChI=1S/C15H24N2O5S/c1-5-10(2)17-23(20,21)14-8-12(15(18)19)6-7-13(14)16-11(3)9-22-4/h6-8,10-11,16-17H,5,9H2,1-4H3,(H,18,19)/t10-,11-/m0/s1. The van der Waals surface area contributed by atoms with E-state index in [1.54, 1.807) is 14.0 Å². The molecule has 0 saturated carbocycles. The SMILES string of the molecule is CC[C@H](C)NS(=O)(=O)c1cc(C(=O)O)ccc1N[C@@H](C)COC. The molecular formula is C15H24N2O5S. The molecular weight excluding hydrogens is 320 g/mol. The summed E-state index contributed by atoms with van der Waals surface area (Å²) in [6.07, 6.45) is 0.626. The van der Waals surface area contributed by atoms with Crippen LogP contribution in [0.2, 0.25) is 0 Å². The number of methoxy groups -OCH3 is 1. The van der Waals surface area contributed by atoms with E-state index in [0.29, 0.717) is 18.7 Å². The van der Waals surface area contributed by atoms with E-state index in [1.165, 1.54) is 12.1 Å². The molecule has 0 fully saturated rings. The van der Waals surface area contributed by atoms with Gasteiger partial charge in [-0.1, -0.05) is 6.92 Å². The van der Waals surface area contributed by atoms with Gasteiger partial charge in [0.2, 0.25) is 10.0 Å². The highest BCUT2D eigenvalue weighted by molar-refractivity contribution is 7.89. The second-order valence-corrected chi connectivity index (χ2v) is 7.13. The number of ether oxygens (including phenoxy) is 1. The van der Waals surface area contributed by atoms with Gasteiger partial charge in [-0.3, -0.25) is 0 Å². The number of aromatic carboxylic acids is 1. The highest BCUT2D eigenvalue weighted by Gasteiger charge is 2.23. The van der Waals surface area contributed by atoms with Crippen molar-refractivity contribution in [1.82, 2.24) is 4.72 Å². The Morgan fingerprint density at radius 1 is 1.30 bits per heavy atom. The van der Waals surface area contributed by atoms with Crippen molar-refractivity contribution in [3.8, 4) is 0 Å². The number of benzene rings is 1. The summed E-state index contributed by atoms with van der Waals surface area (Å²) in [6.45, 7) is 5.84. The lowest BCUT2D eigenvalue weighted by Crippen LogP contribution is -2.33. The highest BCUT2D eigenvalue weighted by Crippen LogP contribution is 2.24. The molecule has 8 heteroatoms. The van der Waals surface area contributed by atoms with E-state index in [0.717, 1.165) is 6.07 Å². The number of carbonyl (C=O) groups is 1. The van der Waals surface area contributed by atoms with Crippen LogP contribution in [0.4, 0.5) is 5.69 Å². The number of carboxylic acid groups (broad SMARTS) is 1. The second-order valence-electron chi connectivity index (χ2n) is 5.45. The summed E-state index contributed by atoms with van der Waals surface area (Å²) in [5, 5.41) is 12.1. The van der Waals surface area contributed by atoms with E-state index in [9.17, 15) is 13.2 Å². The average molecular weight is 344 g/mol. The summed E-state index contributed by atoms with van der Waals surface area (Å²) < 4.78 is 32.7. The van der Waals surface area contributed by atoms with Gasteiger partial charge in [0.05, 0.1) is 17.9 Å². The Morgan fingerprint density at radius 2 is 1.96 bits per heavy atom. The molecule has 2 atom stereocenters. The van der Waals surface area contributed by atoms with Crippen LogP contribution in [0.3, 0.4) is 0 Å². The van der Waals surface area contributed by atoms with Crippen LogP contribution in [-0.2, 0) is 14.8 Å². The van der Waals surface area contributed by atoms with Crippen molar-refractivity contribution < 1.29 is 23.1 Å². The minimum atomic E-state index is -3.84. The summed E-state index contributed by atoms with van der Waals surface area (Å²) in [5.74, 6) is -1.18. The molecule has 0 unspecified atom stereocenters. The smallest absolute Gasteiger partial charge is 0.335 e. The molecule has 1 rings (SSSR count). The van der Waals surface area contributed by atoms with Crippen molar-refractivity contribution in [1.29, 1.82) is 0 Å². The van der Waals surface area contributed by atoms with Gasteiger partial charge in [0.25, 0.3) is 0 Å². The van der Waals surface area contributed by atoms with E-state index in [1.807, 2.05) is 13.8 Å². The predicted octanol–water partition coefficient (Wildman–Crippen LogP) is 1.91. The zero-order valence-electron chi connectivity index (χ0n) is 13.8. The quantitative estimate of drug-likeness (QED) is 0.632. The summed E-state index contributed by atoms with van der Waals surface area (Å²) in [4.78, 5) is 11.1. The van der Waals surface area contributed by atoms with Crippen molar-refractivity contribution in [2.75, 3.05) is 19.0 Å². The molecule has 0 radical (unpaired) electrons. The first kappa shape index (κ1) is 19.4. The number of sulfonamides is 1. The van der Waals surface area contributed by atoms with Crippen LogP contribution < -0.4 is 10.0 Å². The van der Waals surface area contributed by atoms with Crippen molar-refractivity contribution in [2.45, 2.75) is 44.2 Å². The molecule has 0 aliphatic heterocycles. The molecule has 0 saturated heterocycles. The second kappa shape index (κ2) is 8.28. The molecule has 1 aromatic rings. The van der Waals surface area contributed by atoms with E-state index < -0.39 is 16.0 Å². The molecule has 0 amide bonds. The maximum atomic E-state index is 12.6. The molecule has 0 heterocycles. The molecule has 7 nitrogen and oxygen atoms in total. The fourth-order valence-electron chi connectivity index (χ4n) is 1.97. The Hall–Kier alpha value is -1.64. The predicted molar refractivity (Wildman–Crippen MR) is 88.4 cm³/mol. The maximum Gasteiger partial charge on any atom is 0.335 e. The first-order chi connectivity index (χ1) is 10.7. The highest BCUT2D eigenvalue weighted by atomic mass is 32.2. The molecule has 0 aromatic heterocycles. The molecule has 3 N–H and O–H groups in total. The molecule has 23 heavy (non-hydrogen) atoms. The van der Waals surface area contributed by atoms with Crippen LogP contribution in [0.25, 0.3) is 0 Å². The van der Waals surface area contributed by atoms with Gasteiger partial charge < -0.3 is 15.2 Å². The average Bonchev–Trinajstić information content (AvgIpc) is 2.46. The first-order valence-corrected chi connectivity index (χ1v) is 8.84. The number of hydrogen-bond acceptors (Lipinski definition) is 5. The molecule has 0 spiro atoms. The first-order valence-electron chi connectivity index (χ1n) is 7.36. The fraction of sp³-hybridized carbons (Fsp3) is 0.533. The fourth-order valence-corrected chi connectivity index (χ4v) is 3.49. The summed E-state index contributed by atoms with van der Waals surface area (Å²) in [6, 6.07) is 3.60. The minimum absolute atomic E-state index is 0.0827. The Bertz CT molecular complexity index is 645. The summed E-state index contributed by atoms with van der Waals surface area (Å²) >= 11 is 0. The molecule has 1 aromatic carbocycles. The number of anilines is 1. The Kier molecular flexibility index (Phi) is 6.99. The van der Waals surface area contributed by atoms with Crippen LogP contribution in [0.1, 0.15) is 37.6 Å². The van der Waals surface area contributed by atoms with Gasteiger partial charge in [0.1, 0.15) is 4.90 Å². The van der Waals surface area contributed by atoms with Gasteiger partial charge in [-0.15, -0.1) is 0 Å². The number of hydrogen-bond donors (Lipinski definition) is 3. The van der Waals surface area contributed by atoms with Crippen molar-refractivity contribution >= 4 is 21.7 Å². The zero-order chi connectivity index (χ0) is 17.6. The topological polar surface area (TPSA) is 105 Å². The van der Waals surface area contributed by atoms with E-state index >= 15 is 0 Å². The Labute approximate surface area is 137 Å². The van der Waals surface area contributed by atoms with E-state index in [2.05, 4.69) is 10.0 Å². The normalized spacial score (nSPS) is 14.3. The molecule has 0 aliphatic rings. The van der Waals surface area contributed by atoms with Crippen LogP contribution >= 0.6 is 0 Å². The zero-order valence-corrected chi connectivity index (χ0v) is 14.6. The van der Waals surface area contributed by atoms with Crippen molar-refractivity contribution in [3.05, 3.63) is 23.8 Å². The third-order valence-electron chi connectivity index (χ3n) is 3.31. The van der Waals surface area contributed by atoms with Gasteiger partial charge >= 0.3 is 5.97 Å². The van der Waals surface area contributed by atoms with Gasteiger partial charge in [-0.2, -0.15) is 0 Å². The molecule has 130 valence electrons. The maximum absolute atomic E-state index is 12.6. The third-order valence-corrected chi connectivity index (χ3v) is 4.93. The Balaban J connectivity index is 3.28. The van der Waals surface area contributed by atoms with Crippen molar-refractivity contribution in [3.63, 3.8) is 0 Å². The van der Waals surface area contributed by atoms with Gasteiger partial charge in [0.15, 0.2) is 0 Å². The lowest BCUT2D eigenvalue weighted by atomic mass is 10.2. The molecule has 0 bridgehead atoms.